The van der Waals surface area contributed by atoms with Gasteiger partial charge in [0.05, 0.1) is 6.54 Å². The Morgan fingerprint density at radius 3 is 2.37 bits per heavy atom. The monoisotopic (exact) mass is 472 g/mol. The van der Waals surface area contributed by atoms with Crippen molar-refractivity contribution in [3.05, 3.63) is 83.9 Å². The zero-order valence-electron chi connectivity index (χ0n) is 19.8. The number of hydrogen-bond acceptors (Lipinski definition) is 4. The fraction of sp³-hybridized carbons (Fsp3) is 0.259. The van der Waals surface area contributed by atoms with Crippen LogP contribution in [0.3, 0.4) is 0 Å². The van der Waals surface area contributed by atoms with Crippen molar-refractivity contribution in [2.75, 3.05) is 19.6 Å². The number of carbonyl (C=O) groups is 4. The predicted octanol–water partition coefficient (Wildman–Crippen LogP) is 2.77. The average molecular weight is 473 g/mol. The highest BCUT2D eigenvalue weighted by atomic mass is 16.2. The summed E-state index contributed by atoms with van der Waals surface area (Å²) in [6.07, 6.45) is 0. The van der Waals surface area contributed by atoms with Gasteiger partial charge >= 0.3 is 6.03 Å². The van der Waals surface area contributed by atoms with Gasteiger partial charge in [0.2, 0.25) is 11.8 Å². The first-order chi connectivity index (χ1) is 16.8. The Morgan fingerprint density at radius 2 is 1.66 bits per heavy atom. The van der Waals surface area contributed by atoms with E-state index in [-0.39, 0.29) is 12.5 Å². The summed E-state index contributed by atoms with van der Waals surface area (Å²) in [6.45, 7) is 3.73. The summed E-state index contributed by atoms with van der Waals surface area (Å²) in [6, 6.07) is 22.2. The Bertz CT molecular complexity index is 1280. The van der Waals surface area contributed by atoms with E-state index in [1.165, 1.54) is 0 Å². The van der Waals surface area contributed by atoms with Crippen molar-refractivity contribution in [1.82, 2.24) is 20.4 Å². The molecule has 8 nitrogen and oxygen atoms in total. The number of carbonyl (C=O) groups excluding carboxylic acids is 4. The van der Waals surface area contributed by atoms with Crippen LogP contribution in [0.5, 0.6) is 0 Å². The standard InChI is InChI=1S/C27H28N4O4/c1-3-30(17-19-9-5-4-6-10-19)24(33)16-28-23(32)18-31-25(34)27(2,29-26(31)35)22-14-13-20-11-7-8-12-21(20)15-22/h4-15H,3,16-18H2,1-2H3,(H,28,32)(H,29,35)/t27-/m1/s1. The number of amides is 5. The van der Waals surface area contributed by atoms with E-state index in [1.807, 2.05) is 73.7 Å². The van der Waals surface area contributed by atoms with E-state index in [1.54, 1.807) is 17.9 Å². The molecule has 1 atom stereocenters. The Hall–Kier alpha value is -4.20. The maximum atomic E-state index is 13.2. The number of likely N-dealkylation sites (N-methyl/N-ethyl adjacent to an activating group) is 1. The summed E-state index contributed by atoms with van der Waals surface area (Å²) in [5, 5.41) is 7.22. The van der Waals surface area contributed by atoms with E-state index in [4.69, 9.17) is 0 Å². The van der Waals surface area contributed by atoms with Crippen molar-refractivity contribution in [1.29, 1.82) is 0 Å². The van der Waals surface area contributed by atoms with E-state index in [9.17, 15) is 19.2 Å². The van der Waals surface area contributed by atoms with Gasteiger partial charge in [-0.15, -0.1) is 0 Å². The zero-order chi connectivity index (χ0) is 25.0. The van der Waals surface area contributed by atoms with Crippen LogP contribution in [0.25, 0.3) is 10.8 Å². The highest BCUT2D eigenvalue weighted by Crippen LogP contribution is 2.30. The van der Waals surface area contributed by atoms with Gasteiger partial charge in [0.15, 0.2) is 0 Å². The third-order valence-electron chi connectivity index (χ3n) is 6.29. The van der Waals surface area contributed by atoms with Crippen molar-refractivity contribution >= 4 is 34.5 Å². The number of fused-ring (bicyclic) bond motifs is 1. The Balaban J connectivity index is 1.38. The first kappa shape index (κ1) is 23.9. The second-order valence-corrected chi connectivity index (χ2v) is 8.68. The van der Waals surface area contributed by atoms with Crippen molar-refractivity contribution in [3.63, 3.8) is 0 Å². The van der Waals surface area contributed by atoms with E-state index < -0.39 is 29.9 Å². The number of benzene rings is 3. The number of nitrogens with zero attached hydrogens (tertiary/aromatic N) is 2. The van der Waals surface area contributed by atoms with E-state index in [0.29, 0.717) is 18.7 Å². The van der Waals surface area contributed by atoms with Gasteiger partial charge in [0.1, 0.15) is 12.1 Å². The fourth-order valence-electron chi connectivity index (χ4n) is 4.20. The Labute approximate surface area is 203 Å². The highest BCUT2D eigenvalue weighted by molar-refractivity contribution is 6.09. The molecule has 1 aliphatic heterocycles. The van der Waals surface area contributed by atoms with Gasteiger partial charge in [0.25, 0.3) is 5.91 Å². The molecular weight excluding hydrogens is 444 g/mol. The van der Waals surface area contributed by atoms with Crippen LogP contribution in [-0.2, 0) is 26.5 Å². The lowest BCUT2D eigenvalue weighted by molar-refractivity contribution is -0.136. The molecule has 1 aliphatic rings. The van der Waals surface area contributed by atoms with Crippen LogP contribution < -0.4 is 10.6 Å². The van der Waals surface area contributed by atoms with Crippen molar-refractivity contribution < 1.29 is 19.2 Å². The van der Waals surface area contributed by atoms with Crippen LogP contribution in [0, 0.1) is 0 Å². The van der Waals surface area contributed by atoms with Crippen LogP contribution >= 0.6 is 0 Å². The van der Waals surface area contributed by atoms with Gasteiger partial charge in [0, 0.05) is 13.1 Å². The normalized spacial score (nSPS) is 17.4. The summed E-state index contributed by atoms with van der Waals surface area (Å²) in [5.41, 5.74) is 0.333. The molecule has 0 radical (unpaired) electrons. The Kier molecular flexibility index (Phi) is 6.82. The molecule has 5 amide bonds. The van der Waals surface area contributed by atoms with Crippen molar-refractivity contribution in [3.8, 4) is 0 Å². The quantitative estimate of drug-likeness (QED) is 0.493. The molecule has 0 aliphatic carbocycles. The van der Waals surface area contributed by atoms with Gasteiger partial charge in [-0.25, -0.2) is 4.79 Å². The lowest BCUT2D eigenvalue weighted by Crippen LogP contribution is -2.45. The maximum Gasteiger partial charge on any atom is 0.325 e. The summed E-state index contributed by atoms with van der Waals surface area (Å²) in [4.78, 5) is 53.4. The zero-order valence-corrected chi connectivity index (χ0v) is 19.8. The number of rotatable bonds is 8. The van der Waals surface area contributed by atoms with Crippen LogP contribution in [0.4, 0.5) is 4.79 Å². The molecule has 3 aromatic carbocycles. The molecule has 0 saturated carbocycles. The lowest BCUT2D eigenvalue weighted by atomic mass is 9.90. The third-order valence-corrected chi connectivity index (χ3v) is 6.29. The molecule has 180 valence electrons. The molecule has 0 bridgehead atoms. The topological polar surface area (TPSA) is 98.8 Å². The molecule has 8 heteroatoms. The number of hydrogen-bond donors (Lipinski definition) is 2. The molecule has 0 spiro atoms. The van der Waals surface area contributed by atoms with Crippen molar-refractivity contribution in [2.45, 2.75) is 25.9 Å². The van der Waals surface area contributed by atoms with Crippen molar-refractivity contribution in [2.24, 2.45) is 0 Å². The Morgan fingerprint density at radius 1 is 0.971 bits per heavy atom. The molecule has 2 N–H and O–H groups in total. The van der Waals surface area contributed by atoms with Gasteiger partial charge in [-0.05, 0) is 41.8 Å². The van der Waals surface area contributed by atoms with E-state index in [0.717, 1.165) is 21.2 Å². The van der Waals surface area contributed by atoms with Gasteiger partial charge in [-0.2, -0.15) is 0 Å². The minimum absolute atomic E-state index is 0.217. The number of nitrogens with one attached hydrogen (secondary N) is 2. The molecule has 0 unspecified atom stereocenters. The molecule has 35 heavy (non-hydrogen) atoms. The fourth-order valence-corrected chi connectivity index (χ4v) is 4.20. The van der Waals surface area contributed by atoms with E-state index >= 15 is 0 Å². The second kappa shape index (κ2) is 9.97. The van der Waals surface area contributed by atoms with Crippen LogP contribution in [0.15, 0.2) is 72.8 Å². The molecule has 3 aromatic rings. The van der Waals surface area contributed by atoms with E-state index in [2.05, 4.69) is 10.6 Å². The van der Waals surface area contributed by atoms with Gasteiger partial charge < -0.3 is 15.5 Å². The molecule has 1 fully saturated rings. The summed E-state index contributed by atoms with van der Waals surface area (Å²) in [5.74, 6) is -1.35. The van der Waals surface area contributed by atoms with Crippen LogP contribution in [0.1, 0.15) is 25.0 Å². The minimum Gasteiger partial charge on any atom is -0.345 e. The first-order valence-electron chi connectivity index (χ1n) is 11.5. The van der Waals surface area contributed by atoms with Crippen LogP contribution in [0.2, 0.25) is 0 Å². The lowest BCUT2D eigenvalue weighted by Gasteiger charge is -2.23. The molecule has 1 saturated heterocycles. The summed E-state index contributed by atoms with van der Waals surface area (Å²) in [7, 11) is 0. The minimum atomic E-state index is -1.29. The average Bonchev–Trinajstić information content (AvgIpc) is 3.09. The number of imide groups is 1. The predicted molar refractivity (Wildman–Crippen MR) is 132 cm³/mol. The maximum absolute atomic E-state index is 13.2. The highest BCUT2D eigenvalue weighted by Gasteiger charge is 2.49. The van der Waals surface area contributed by atoms with Gasteiger partial charge in [-0.3, -0.25) is 19.3 Å². The van der Waals surface area contributed by atoms with Crippen LogP contribution in [-0.4, -0.2) is 53.2 Å². The first-order valence-corrected chi connectivity index (χ1v) is 11.5. The third kappa shape index (κ3) is 5.01. The summed E-state index contributed by atoms with van der Waals surface area (Å²) < 4.78 is 0. The molecule has 4 rings (SSSR count). The largest absolute Gasteiger partial charge is 0.345 e. The second-order valence-electron chi connectivity index (χ2n) is 8.68. The molecule has 0 aromatic heterocycles. The van der Waals surface area contributed by atoms with Gasteiger partial charge in [-0.1, -0.05) is 66.7 Å². The summed E-state index contributed by atoms with van der Waals surface area (Å²) >= 11 is 0. The molecule has 1 heterocycles. The number of urea groups is 1. The molecular formula is C27H28N4O4. The SMILES string of the molecule is CCN(Cc1ccccc1)C(=O)CNC(=O)CN1C(=O)N[C@](C)(c2ccc3ccccc3c2)C1=O. The smallest absolute Gasteiger partial charge is 0.325 e.